The maximum atomic E-state index is 10.1. The van der Waals surface area contributed by atoms with Gasteiger partial charge in [-0.2, -0.15) is 0 Å². The van der Waals surface area contributed by atoms with Crippen molar-refractivity contribution in [1.29, 1.82) is 0 Å². The van der Waals surface area contributed by atoms with E-state index < -0.39 is 0 Å². The molecule has 3 aromatic carbocycles. The smallest absolute Gasteiger partial charge is 0.143 e. The Morgan fingerprint density at radius 1 is 0.800 bits per heavy atom. The summed E-state index contributed by atoms with van der Waals surface area (Å²) in [5.74, 6) is 0.121. The number of hydrogen-bond acceptors (Lipinski definition) is 4. The molecule has 0 unspecified atom stereocenters. The van der Waals surface area contributed by atoms with Crippen molar-refractivity contribution < 1.29 is 26.7 Å². The van der Waals surface area contributed by atoms with E-state index in [-0.39, 0.29) is 33.4 Å². The van der Waals surface area contributed by atoms with Crippen LogP contribution in [0.3, 0.4) is 0 Å². The van der Waals surface area contributed by atoms with Gasteiger partial charge in [-0.15, -0.1) is 10.2 Å². The van der Waals surface area contributed by atoms with Crippen molar-refractivity contribution in [3.8, 4) is 11.5 Å². The first kappa shape index (κ1) is 18.9. The zero-order valence-corrected chi connectivity index (χ0v) is 15.3. The van der Waals surface area contributed by atoms with Gasteiger partial charge in [0.2, 0.25) is 0 Å². The predicted octanol–water partition coefficient (Wildman–Crippen LogP) is 5.96. The molecule has 0 spiro atoms. The van der Waals surface area contributed by atoms with Gasteiger partial charge in [-0.25, -0.2) is 0 Å². The van der Waals surface area contributed by atoms with Crippen molar-refractivity contribution in [2.75, 3.05) is 0 Å². The van der Waals surface area contributed by atoms with Crippen LogP contribution in [-0.2, 0) is 21.9 Å². The summed E-state index contributed by atoms with van der Waals surface area (Å²) in [6.07, 6.45) is 0. The van der Waals surface area contributed by atoms with Gasteiger partial charge in [0.25, 0.3) is 0 Å². The fourth-order valence-electron chi connectivity index (χ4n) is 2.52. The molecule has 0 bridgehead atoms. The number of phenolic OH excluding ortho intramolecular Hbond substituents is 2. The Labute approximate surface area is 157 Å². The number of fused-ring (bicyclic) bond motifs is 1. The molecule has 0 aliphatic carbocycles. The molecule has 4 nitrogen and oxygen atoms in total. The average Bonchev–Trinajstić information content (AvgIpc) is 2.54. The zero-order chi connectivity index (χ0) is 17.3. The molecule has 132 valence electrons. The molecule has 0 saturated carbocycles. The van der Waals surface area contributed by atoms with Crippen LogP contribution in [0.15, 0.2) is 64.8 Å². The minimum atomic E-state index is -0.0560. The number of benzene rings is 3. The van der Waals surface area contributed by atoms with Gasteiger partial charge >= 0.3 is 0 Å². The molecular formula is C20H20N2NiO2. The summed E-state index contributed by atoms with van der Waals surface area (Å²) in [4.78, 5) is 0. The molecule has 0 saturated heterocycles. The summed E-state index contributed by atoms with van der Waals surface area (Å²) >= 11 is 0. The Hall–Kier alpha value is -2.39. The van der Waals surface area contributed by atoms with E-state index in [2.05, 4.69) is 31.0 Å². The minimum absolute atomic E-state index is 0. The topological polar surface area (TPSA) is 65.2 Å². The molecule has 3 rings (SSSR count). The van der Waals surface area contributed by atoms with Gasteiger partial charge in [0.1, 0.15) is 22.9 Å². The normalized spacial score (nSPS) is 11.6. The molecule has 0 radical (unpaired) electrons. The van der Waals surface area contributed by atoms with Gasteiger partial charge in [0.05, 0.1) is 0 Å². The van der Waals surface area contributed by atoms with Crippen LogP contribution in [0.5, 0.6) is 11.5 Å². The van der Waals surface area contributed by atoms with E-state index in [9.17, 15) is 10.2 Å². The SMILES string of the molecule is CC(C)(C)c1ccc(O)c(N=Nc2c(O)ccc3ccccc23)c1.[Ni]. The summed E-state index contributed by atoms with van der Waals surface area (Å²) in [5, 5.41) is 30.3. The fraction of sp³-hybridized carbons (Fsp3) is 0.200. The van der Waals surface area contributed by atoms with E-state index in [0.717, 1.165) is 16.3 Å². The molecule has 0 fully saturated rings. The van der Waals surface area contributed by atoms with Gasteiger partial charge < -0.3 is 10.2 Å². The summed E-state index contributed by atoms with van der Waals surface area (Å²) < 4.78 is 0. The molecule has 3 aromatic rings. The van der Waals surface area contributed by atoms with Crippen LogP contribution in [0.4, 0.5) is 11.4 Å². The van der Waals surface area contributed by atoms with Crippen molar-refractivity contribution in [2.45, 2.75) is 26.2 Å². The van der Waals surface area contributed by atoms with Crippen LogP contribution in [0.1, 0.15) is 26.3 Å². The monoisotopic (exact) mass is 378 g/mol. The van der Waals surface area contributed by atoms with Crippen LogP contribution in [0, 0.1) is 0 Å². The van der Waals surface area contributed by atoms with Gasteiger partial charge in [-0.05, 0) is 34.6 Å². The summed E-state index contributed by atoms with van der Waals surface area (Å²) in [6.45, 7) is 6.28. The van der Waals surface area contributed by atoms with E-state index >= 15 is 0 Å². The molecular weight excluding hydrogens is 359 g/mol. The predicted molar refractivity (Wildman–Crippen MR) is 96.6 cm³/mol. The van der Waals surface area contributed by atoms with Gasteiger partial charge in [-0.1, -0.05) is 57.2 Å². The number of hydrogen-bond donors (Lipinski definition) is 2. The Bertz CT molecular complexity index is 931. The number of rotatable bonds is 2. The molecule has 0 heterocycles. The molecule has 0 amide bonds. The number of aromatic hydroxyl groups is 2. The molecule has 0 atom stereocenters. The molecule has 0 aliphatic heterocycles. The number of phenols is 2. The van der Waals surface area contributed by atoms with Crippen molar-refractivity contribution in [2.24, 2.45) is 10.2 Å². The Morgan fingerprint density at radius 2 is 1.48 bits per heavy atom. The van der Waals surface area contributed by atoms with Crippen molar-refractivity contribution in [3.63, 3.8) is 0 Å². The van der Waals surface area contributed by atoms with E-state index in [1.807, 2.05) is 42.5 Å². The molecule has 0 aliphatic rings. The quantitative estimate of drug-likeness (QED) is 0.426. The van der Waals surface area contributed by atoms with E-state index in [4.69, 9.17) is 0 Å². The largest absolute Gasteiger partial charge is 0.506 e. The molecule has 0 aromatic heterocycles. The van der Waals surface area contributed by atoms with E-state index in [1.54, 1.807) is 12.1 Å². The van der Waals surface area contributed by atoms with Crippen LogP contribution in [0.25, 0.3) is 10.8 Å². The van der Waals surface area contributed by atoms with E-state index in [1.165, 1.54) is 0 Å². The first-order valence-electron chi connectivity index (χ1n) is 7.82. The van der Waals surface area contributed by atoms with Crippen LogP contribution in [0.2, 0.25) is 0 Å². The second kappa shape index (κ2) is 7.24. The third-order valence-corrected chi connectivity index (χ3v) is 3.98. The van der Waals surface area contributed by atoms with Crippen molar-refractivity contribution in [1.82, 2.24) is 0 Å². The maximum Gasteiger partial charge on any atom is 0.143 e. The maximum absolute atomic E-state index is 10.1. The van der Waals surface area contributed by atoms with Crippen LogP contribution >= 0.6 is 0 Å². The summed E-state index contributed by atoms with van der Waals surface area (Å²) in [7, 11) is 0. The summed E-state index contributed by atoms with van der Waals surface area (Å²) in [6, 6.07) is 16.4. The van der Waals surface area contributed by atoms with Crippen LogP contribution < -0.4 is 0 Å². The first-order valence-corrected chi connectivity index (χ1v) is 7.82. The third-order valence-electron chi connectivity index (χ3n) is 3.98. The Kier molecular flexibility index (Phi) is 5.49. The molecule has 2 N–H and O–H groups in total. The second-order valence-electron chi connectivity index (χ2n) is 6.81. The third kappa shape index (κ3) is 4.00. The number of azo groups is 1. The second-order valence-corrected chi connectivity index (χ2v) is 6.81. The van der Waals surface area contributed by atoms with Gasteiger partial charge in [0, 0.05) is 21.9 Å². The van der Waals surface area contributed by atoms with Crippen molar-refractivity contribution >= 4 is 22.1 Å². The molecule has 25 heavy (non-hydrogen) atoms. The van der Waals surface area contributed by atoms with Crippen molar-refractivity contribution in [3.05, 3.63) is 60.2 Å². The first-order chi connectivity index (χ1) is 11.4. The minimum Gasteiger partial charge on any atom is -0.506 e. The zero-order valence-electron chi connectivity index (χ0n) is 14.3. The standard InChI is InChI=1S/C20H20N2O2.Ni/c1-20(2,3)14-9-11-17(23)16(12-14)21-22-19-15-7-5-4-6-13(15)8-10-18(19)24;/h4-12,23-24H,1-3H3;. The van der Waals surface area contributed by atoms with Crippen LogP contribution in [-0.4, -0.2) is 10.2 Å². The summed E-state index contributed by atoms with van der Waals surface area (Å²) in [5.41, 5.74) is 1.78. The van der Waals surface area contributed by atoms with E-state index in [0.29, 0.717) is 11.4 Å². The average molecular weight is 379 g/mol. The fourth-order valence-corrected chi connectivity index (χ4v) is 2.52. The Balaban J connectivity index is 0.00000225. The van der Waals surface area contributed by atoms with Gasteiger partial charge in [0.15, 0.2) is 0 Å². The Morgan fingerprint density at radius 3 is 2.20 bits per heavy atom. The number of nitrogens with zero attached hydrogens (tertiary/aromatic N) is 2. The van der Waals surface area contributed by atoms with Gasteiger partial charge in [-0.3, -0.25) is 0 Å². The molecule has 5 heteroatoms.